The number of quaternary nitrogens is 1. The van der Waals surface area contributed by atoms with Gasteiger partial charge < -0.3 is 4.90 Å². The molecule has 7 nitrogen and oxygen atoms in total. The number of anilines is 1. The lowest BCUT2D eigenvalue weighted by atomic mass is 10.2. The minimum atomic E-state index is 0.611. The highest BCUT2D eigenvalue weighted by Gasteiger charge is 2.26. The predicted octanol–water partition coefficient (Wildman–Crippen LogP) is 0.170. The van der Waals surface area contributed by atoms with Crippen molar-refractivity contribution in [3.63, 3.8) is 0 Å². The maximum Gasteiger partial charge on any atom is 0.274 e. The number of piperazine rings is 1. The van der Waals surface area contributed by atoms with Gasteiger partial charge in [0, 0.05) is 16.7 Å². The molecule has 0 aliphatic carbocycles. The van der Waals surface area contributed by atoms with Crippen molar-refractivity contribution in [2.75, 3.05) is 31.1 Å². The molecule has 1 saturated heterocycles. The molecule has 0 atom stereocenters. The molecule has 1 fully saturated rings. The lowest BCUT2D eigenvalue weighted by molar-refractivity contribution is -0.924. The van der Waals surface area contributed by atoms with E-state index in [1.165, 1.54) is 10.7 Å². The van der Waals surface area contributed by atoms with Gasteiger partial charge in [-0.1, -0.05) is 29.8 Å². The summed E-state index contributed by atoms with van der Waals surface area (Å²) in [5.41, 5.74) is 0.887. The number of rotatable bonds is 4. The number of benzene rings is 1. The first-order valence-electron chi connectivity index (χ1n) is 8.37. The highest BCUT2D eigenvalue weighted by Crippen LogP contribution is 2.18. The Hall–Kier alpha value is -2.51. The summed E-state index contributed by atoms with van der Waals surface area (Å²) < 4.78 is 0. The molecule has 2 aromatic heterocycles. The molecule has 1 aliphatic rings. The van der Waals surface area contributed by atoms with Crippen LogP contribution in [-0.2, 0) is 6.67 Å². The van der Waals surface area contributed by atoms with Crippen LogP contribution in [-0.4, -0.2) is 46.4 Å². The van der Waals surface area contributed by atoms with E-state index in [9.17, 15) is 0 Å². The molecule has 0 spiro atoms. The van der Waals surface area contributed by atoms with Gasteiger partial charge >= 0.3 is 0 Å². The van der Waals surface area contributed by atoms with E-state index in [2.05, 4.69) is 37.4 Å². The van der Waals surface area contributed by atoms with Gasteiger partial charge in [0.1, 0.15) is 26.2 Å². The second kappa shape index (κ2) is 7.16. The highest BCUT2D eigenvalue weighted by atomic mass is 35.5. The Bertz CT molecular complexity index is 828. The molecule has 0 saturated carbocycles. The Labute approximate surface area is 150 Å². The lowest BCUT2D eigenvalue weighted by Gasteiger charge is -2.27. The Morgan fingerprint density at radius 2 is 2.00 bits per heavy atom. The van der Waals surface area contributed by atoms with Crippen LogP contribution in [0.1, 0.15) is 0 Å². The number of aromatic nitrogens is 5. The van der Waals surface area contributed by atoms with Crippen molar-refractivity contribution in [2.24, 2.45) is 0 Å². The largest absolute Gasteiger partial charge is 0.309 e. The van der Waals surface area contributed by atoms with Crippen LogP contribution in [0, 0.1) is 0 Å². The third kappa shape index (κ3) is 3.78. The minimum absolute atomic E-state index is 0.611. The zero-order valence-corrected chi connectivity index (χ0v) is 14.5. The van der Waals surface area contributed by atoms with Crippen LogP contribution in [0.5, 0.6) is 0 Å². The number of nitrogens with zero attached hydrogens (tertiary/aromatic N) is 5. The van der Waals surface area contributed by atoms with E-state index in [4.69, 9.17) is 11.6 Å². The van der Waals surface area contributed by atoms with Gasteiger partial charge in [0.15, 0.2) is 6.67 Å². The fourth-order valence-electron chi connectivity index (χ4n) is 3.06. The molecule has 4 rings (SSSR count). The Balaban J connectivity index is 1.36. The van der Waals surface area contributed by atoms with Gasteiger partial charge in [-0.25, -0.2) is 4.98 Å². The van der Waals surface area contributed by atoms with Gasteiger partial charge in [0.05, 0.1) is 6.20 Å². The fourth-order valence-corrected chi connectivity index (χ4v) is 3.25. The van der Waals surface area contributed by atoms with Gasteiger partial charge in [-0.15, -0.1) is 15.0 Å². The third-order valence-electron chi connectivity index (χ3n) is 4.40. The van der Waals surface area contributed by atoms with Crippen LogP contribution in [0.3, 0.4) is 0 Å². The summed E-state index contributed by atoms with van der Waals surface area (Å²) in [4.78, 5) is 8.79. The van der Waals surface area contributed by atoms with Crippen molar-refractivity contribution in [3.05, 3.63) is 53.7 Å². The number of tetrazole rings is 1. The SMILES string of the molecule is Clc1cccc(-c2nnn(C[NH+]3CCN(c4cccc[nH+]4)CC3)n2)c1. The Kier molecular flexibility index (Phi) is 4.58. The first kappa shape index (κ1) is 16.0. The van der Waals surface area contributed by atoms with Gasteiger partial charge in [-0.3, -0.25) is 4.90 Å². The smallest absolute Gasteiger partial charge is 0.274 e. The zero-order valence-electron chi connectivity index (χ0n) is 13.8. The topological polar surface area (TPSA) is 65.4 Å². The molecule has 2 N–H and O–H groups in total. The second-order valence-electron chi connectivity index (χ2n) is 6.14. The molecule has 3 heterocycles. The highest BCUT2D eigenvalue weighted by molar-refractivity contribution is 6.30. The zero-order chi connectivity index (χ0) is 17.1. The van der Waals surface area contributed by atoms with E-state index < -0.39 is 0 Å². The van der Waals surface area contributed by atoms with Crippen LogP contribution >= 0.6 is 11.6 Å². The summed E-state index contributed by atoms with van der Waals surface area (Å²) in [6.07, 6.45) is 1.96. The summed E-state index contributed by atoms with van der Waals surface area (Å²) in [7, 11) is 0. The van der Waals surface area contributed by atoms with Crippen molar-refractivity contribution in [1.29, 1.82) is 0 Å². The number of aromatic amines is 1. The number of hydrogen-bond donors (Lipinski definition) is 1. The van der Waals surface area contributed by atoms with E-state index in [0.717, 1.165) is 38.4 Å². The quantitative estimate of drug-likeness (QED) is 0.723. The number of hydrogen-bond acceptors (Lipinski definition) is 4. The van der Waals surface area contributed by atoms with Crippen LogP contribution in [0.15, 0.2) is 48.7 Å². The molecule has 25 heavy (non-hydrogen) atoms. The lowest BCUT2D eigenvalue weighted by Crippen LogP contribution is -3.14. The van der Waals surface area contributed by atoms with Gasteiger partial charge in [-0.2, -0.15) is 0 Å². The first-order valence-corrected chi connectivity index (χ1v) is 8.75. The molecule has 0 amide bonds. The van der Waals surface area contributed by atoms with Crippen LogP contribution in [0.2, 0.25) is 5.02 Å². The van der Waals surface area contributed by atoms with E-state index in [-0.39, 0.29) is 0 Å². The third-order valence-corrected chi connectivity index (χ3v) is 4.64. The molecule has 0 bridgehead atoms. The predicted molar refractivity (Wildman–Crippen MR) is 94.2 cm³/mol. The summed E-state index contributed by atoms with van der Waals surface area (Å²) in [5, 5.41) is 13.5. The molecule has 0 radical (unpaired) electrons. The monoisotopic (exact) mass is 357 g/mol. The number of halogens is 1. The normalized spacial score (nSPS) is 15.5. The average molecular weight is 358 g/mol. The average Bonchev–Trinajstić information content (AvgIpc) is 3.12. The van der Waals surface area contributed by atoms with Crippen LogP contribution < -0.4 is 14.8 Å². The molecular formula is C17H20ClN7+2. The Morgan fingerprint density at radius 1 is 1.12 bits per heavy atom. The molecule has 0 unspecified atom stereocenters. The van der Waals surface area contributed by atoms with Crippen molar-refractivity contribution < 1.29 is 9.88 Å². The van der Waals surface area contributed by atoms with Crippen LogP contribution in [0.4, 0.5) is 5.82 Å². The van der Waals surface area contributed by atoms with Crippen molar-refractivity contribution in [3.8, 4) is 11.4 Å². The maximum atomic E-state index is 6.03. The molecule has 1 aliphatic heterocycles. The minimum Gasteiger partial charge on any atom is -0.309 e. The number of H-pyrrole nitrogens is 1. The van der Waals surface area contributed by atoms with Crippen molar-refractivity contribution in [1.82, 2.24) is 20.2 Å². The van der Waals surface area contributed by atoms with E-state index in [1.54, 1.807) is 4.80 Å². The number of pyridine rings is 1. The fraction of sp³-hybridized carbons (Fsp3) is 0.294. The van der Waals surface area contributed by atoms with Crippen molar-refractivity contribution in [2.45, 2.75) is 6.67 Å². The maximum absolute atomic E-state index is 6.03. The summed E-state index contributed by atoms with van der Waals surface area (Å²) in [6.45, 7) is 4.81. The molecule has 3 aromatic rings. The van der Waals surface area contributed by atoms with E-state index >= 15 is 0 Å². The summed E-state index contributed by atoms with van der Waals surface area (Å²) >= 11 is 6.03. The molecular weight excluding hydrogens is 338 g/mol. The molecule has 1 aromatic carbocycles. The van der Waals surface area contributed by atoms with Crippen LogP contribution in [0.25, 0.3) is 11.4 Å². The van der Waals surface area contributed by atoms with E-state index in [0.29, 0.717) is 10.8 Å². The van der Waals surface area contributed by atoms with Gasteiger partial charge in [0.25, 0.3) is 5.82 Å². The van der Waals surface area contributed by atoms with Crippen molar-refractivity contribution >= 4 is 17.4 Å². The van der Waals surface area contributed by atoms with E-state index in [1.807, 2.05) is 36.5 Å². The standard InChI is InChI=1S/C17H18ClN7/c18-15-5-3-4-14(12-15)17-20-22-25(21-17)13-23-8-10-24(11-9-23)16-6-1-2-7-19-16/h1-7,12H,8-11,13H2/p+2. The van der Waals surface area contributed by atoms with Gasteiger partial charge in [0.2, 0.25) is 5.82 Å². The summed E-state index contributed by atoms with van der Waals surface area (Å²) in [5.74, 6) is 1.78. The molecule has 8 heteroatoms. The second-order valence-corrected chi connectivity index (χ2v) is 6.58. The first-order chi connectivity index (χ1) is 12.3. The Morgan fingerprint density at radius 3 is 2.76 bits per heavy atom. The molecule has 128 valence electrons. The van der Waals surface area contributed by atoms with Gasteiger partial charge in [-0.05, 0) is 23.4 Å². The summed E-state index contributed by atoms with van der Waals surface area (Å²) in [6, 6.07) is 13.7. The number of nitrogens with one attached hydrogen (secondary N) is 2.